The highest BCUT2D eigenvalue weighted by Gasteiger charge is 2.29. The molecule has 2 amide bonds. The maximum absolute atomic E-state index is 12.8. The van der Waals surface area contributed by atoms with Gasteiger partial charge in [0.2, 0.25) is 11.8 Å². The molecule has 2 aliphatic heterocycles. The lowest BCUT2D eigenvalue weighted by atomic mass is 10.1. The van der Waals surface area contributed by atoms with Crippen molar-refractivity contribution in [2.45, 2.75) is 13.3 Å². The summed E-state index contributed by atoms with van der Waals surface area (Å²) in [4.78, 5) is 29.2. The van der Waals surface area contributed by atoms with Gasteiger partial charge in [-0.25, -0.2) is 0 Å². The van der Waals surface area contributed by atoms with E-state index in [0.29, 0.717) is 13.1 Å². The van der Waals surface area contributed by atoms with Crippen molar-refractivity contribution in [1.29, 1.82) is 0 Å². The van der Waals surface area contributed by atoms with Crippen LogP contribution in [0, 0.1) is 5.92 Å². The molecule has 1 fully saturated rings. The fourth-order valence-electron chi connectivity index (χ4n) is 3.07. The molecule has 0 spiro atoms. The summed E-state index contributed by atoms with van der Waals surface area (Å²) in [6.45, 7) is 4.40. The van der Waals surface area contributed by atoms with Crippen molar-refractivity contribution >= 4 is 28.5 Å². The Morgan fingerprint density at radius 1 is 1.04 bits per heavy atom. The van der Waals surface area contributed by atoms with Crippen molar-refractivity contribution in [1.82, 2.24) is 9.80 Å². The van der Waals surface area contributed by atoms with E-state index >= 15 is 0 Å². The Kier molecular flexibility index (Phi) is 5.06. The molecule has 4 nitrogen and oxygen atoms in total. The smallest absolute Gasteiger partial charge is 0.230 e. The average Bonchev–Trinajstić information content (AvgIpc) is 2.92. The lowest BCUT2D eigenvalue weighted by Gasteiger charge is -2.23. The van der Waals surface area contributed by atoms with Crippen LogP contribution in [0.25, 0.3) is 4.91 Å². The molecule has 0 bridgehead atoms. The monoisotopic (exact) mass is 330 g/mol. The third kappa shape index (κ3) is 3.78. The van der Waals surface area contributed by atoms with Crippen LogP contribution in [0.15, 0.2) is 36.4 Å². The predicted octanol–water partition coefficient (Wildman–Crippen LogP) is 2.47. The molecule has 0 N–H and O–H groups in total. The van der Waals surface area contributed by atoms with Gasteiger partial charge in [-0.05, 0) is 12.0 Å². The minimum absolute atomic E-state index is 0.0425. The minimum atomic E-state index is -0.0425. The Bertz CT molecular complexity index is 615. The molecule has 0 aromatic heterocycles. The van der Waals surface area contributed by atoms with Crippen LogP contribution in [0.1, 0.15) is 18.9 Å². The lowest BCUT2D eigenvalue weighted by molar-refractivity contribution is -0.134. The summed E-state index contributed by atoms with van der Waals surface area (Å²) in [7, 11) is 0. The normalized spacial score (nSPS) is 21.8. The van der Waals surface area contributed by atoms with Gasteiger partial charge in [-0.3, -0.25) is 9.59 Å². The van der Waals surface area contributed by atoms with E-state index in [4.69, 9.17) is 0 Å². The quantitative estimate of drug-likeness (QED) is 0.836. The second-order valence-electron chi connectivity index (χ2n) is 6.00. The number of hydrogen-bond acceptors (Lipinski definition) is 3. The van der Waals surface area contributed by atoms with Crippen LogP contribution in [0.2, 0.25) is 0 Å². The summed E-state index contributed by atoms with van der Waals surface area (Å²) in [6, 6.07) is 10.2. The summed E-state index contributed by atoms with van der Waals surface area (Å²) in [5.41, 5.74) is 1.19. The van der Waals surface area contributed by atoms with E-state index in [9.17, 15) is 9.59 Å². The first-order valence-electron chi connectivity index (χ1n) is 8.09. The highest BCUT2D eigenvalue weighted by Crippen LogP contribution is 2.37. The van der Waals surface area contributed by atoms with Crippen LogP contribution < -0.4 is 0 Å². The third-order valence-corrected chi connectivity index (χ3v) is 5.61. The molecule has 1 aromatic carbocycles. The van der Waals surface area contributed by atoms with Crippen LogP contribution in [0.3, 0.4) is 0 Å². The maximum Gasteiger partial charge on any atom is 0.230 e. The van der Waals surface area contributed by atoms with Gasteiger partial charge in [0.1, 0.15) is 0 Å². The summed E-state index contributed by atoms with van der Waals surface area (Å²) in [5, 5.41) is 0. The molecule has 23 heavy (non-hydrogen) atoms. The van der Waals surface area contributed by atoms with E-state index in [1.807, 2.05) is 28.0 Å². The molecule has 1 saturated heterocycles. The molecule has 5 heteroatoms. The van der Waals surface area contributed by atoms with Crippen LogP contribution in [-0.2, 0) is 9.59 Å². The number of carbonyl (C=O) groups is 2. The van der Waals surface area contributed by atoms with Gasteiger partial charge >= 0.3 is 0 Å². The van der Waals surface area contributed by atoms with Gasteiger partial charge in [0.05, 0.1) is 5.92 Å². The zero-order valence-corrected chi connectivity index (χ0v) is 14.2. The molecule has 0 aliphatic carbocycles. The molecule has 2 aliphatic rings. The zero-order valence-electron chi connectivity index (χ0n) is 13.4. The molecular formula is C18H22N2O2S. The number of amides is 2. The van der Waals surface area contributed by atoms with E-state index < -0.39 is 0 Å². The number of carbonyl (C=O) groups excluding carboxylic acids is 2. The Morgan fingerprint density at radius 2 is 1.74 bits per heavy atom. The van der Waals surface area contributed by atoms with E-state index in [1.165, 1.54) is 10.5 Å². The van der Waals surface area contributed by atoms with E-state index in [0.717, 1.165) is 25.3 Å². The Labute approximate surface area is 141 Å². The SMILES string of the molecule is CC(=O)N1CCCN(C(=O)C2C=C(c3ccccc3)SC2)CC1. The first-order chi connectivity index (χ1) is 11.1. The predicted molar refractivity (Wildman–Crippen MR) is 93.8 cm³/mol. The van der Waals surface area contributed by atoms with E-state index in [2.05, 4.69) is 18.2 Å². The van der Waals surface area contributed by atoms with Crippen molar-refractivity contribution in [3.8, 4) is 0 Å². The number of hydrogen-bond donors (Lipinski definition) is 0. The Balaban J connectivity index is 1.65. The summed E-state index contributed by atoms with van der Waals surface area (Å²) in [6.07, 6.45) is 2.97. The molecule has 1 atom stereocenters. The maximum atomic E-state index is 12.8. The van der Waals surface area contributed by atoms with E-state index in [-0.39, 0.29) is 17.7 Å². The van der Waals surface area contributed by atoms with Gasteiger partial charge in [0.15, 0.2) is 0 Å². The van der Waals surface area contributed by atoms with Gasteiger partial charge in [-0.2, -0.15) is 0 Å². The molecule has 0 radical (unpaired) electrons. The largest absolute Gasteiger partial charge is 0.341 e. The van der Waals surface area contributed by atoms with Crippen LogP contribution >= 0.6 is 11.8 Å². The highest BCUT2D eigenvalue weighted by molar-refractivity contribution is 8.08. The van der Waals surface area contributed by atoms with Crippen molar-refractivity contribution in [2.24, 2.45) is 5.92 Å². The number of rotatable bonds is 2. The topological polar surface area (TPSA) is 40.6 Å². The van der Waals surface area contributed by atoms with Gasteiger partial charge < -0.3 is 9.80 Å². The molecule has 3 rings (SSSR count). The minimum Gasteiger partial charge on any atom is -0.341 e. The van der Waals surface area contributed by atoms with E-state index in [1.54, 1.807) is 18.7 Å². The highest BCUT2D eigenvalue weighted by atomic mass is 32.2. The molecule has 1 unspecified atom stereocenters. The average molecular weight is 330 g/mol. The van der Waals surface area contributed by atoms with Gasteiger partial charge in [-0.15, -0.1) is 11.8 Å². The van der Waals surface area contributed by atoms with Gasteiger partial charge in [0, 0.05) is 43.8 Å². The number of nitrogens with zero attached hydrogens (tertiary/aromatic N) is 2. The molecule has 0 saturated carbocycles. The second-order valence-corrected chi connectivity index (χ2v) is 7.06. The third-order valence-electron chi connectivity index (χ3n) is 4.40. The fraction of sp³-hybridized carbons (Fsp3) is 0.444. The molecule has 2 heterocycles. The molecular weight excluding hydrogens is 308 g/mol. The molecule has 122 valence electrons. The standard InChI is InChI=1S/C18H22N2O2S/c1-14(21)19-8-5-9-20(11-10-19)18(22)16-12-17(23-13-16)15-6-3-2-4-7-15/h2-4,6-7,12,16H,5,8-11,13H2,1H3. The summed E-state index contributed by atoms with van der Waals surface area (Å²) >= 11 is 1.76. The summed E-state index contributed by atoms with van der Waals surface area (Å²) < 4.78 is 0. The van der Waals surface area contributed by atoms with Crippen LogP contribution in [-0.4, -0.2) is 53.5 Å². The Hall–Kier alpha value is -1.75. The van der Waals surface area contributed by atoms with Crippen molar-refractivity contribution in [2.75, 3.05) is 31.9 Å². The second kappa shape index (κ2) is 7.21. The van der Waals surface area contributed by atoms with Crippen LogP contribution in [0.5, 0.6) is 0 Å². The zero-order chi connectivity index (χ0) is 16.2. The summed E-state index contributed by atoms with van der Waals surface area (Å²) in [5.74, 6) is 1.07. The Morgan fingerprint density at radius 3 is 2.48 bits per heavy atom. The van der Waals surface area contributed by atoms with Gasteiger partial charge in [0.25, 0.3) is 0 Å². The van der Waals surface area contributed by atoms with Gasteiger partial charge in [-0.1, -0.05) is 36.4 Å². The number of benzene rings is 1. The van der Waals surface area contributed by atoms with Crippen molar-refractivity contribution in [3.05, 3.63) is 42.0 Å². The fourth-order valence-corrected chi connectivity index (χ4v) is 4.23. The van der Waals surface area contributed by atoms with Crippen LogP contribution in [0.4, 0.5) is 0 Å². The number of thioether (sulfide) groups is 1. The first kappa shape index (κ1) is 16.1. The van der Waals surface area contributed by atoms with Crippen molar-refractivity contribution in [3.63, 3.8) is 0 Å². The van der Waals surface area contributed by atoms with Crippen molar-refractivity contribution < 1.29 is 9.59 Å². The molecule has 1 aromatic rings. The first-order valence-corrected chi connectivity index (χ1v) is 9.08. The lowest BCUT2D eigenvalue weighted by Crippen LogP contribution is -2.39.